The van der Waals surface area contributed by atoms with Crippen molar-refractivity contribution < 1.29 is 4.74 Å². The van der Waals surface area contributed by atoms with Crippen molar-refractivity contribution in [1.82, 2.24) is 4.90 Å². The highest BCUT2D eigenvalue weighted by Gasteiger charge is 2.17. The van der Waals surface area contributed by atoms with Crippen LogP contribution >= 0.6 is 0 Å². The average Bonchev–Trinajstić information content (AvgIpc) is 2.20. The van der Waals surface area contributed by atoms with Crippen LogP contribution in [0.1, 0.15) is 59.3 Å². The molecule has 1 aliphatic rings. The summed E-state index contributed by atoms with van der Waals surface area (Å²) in [6, 6.07) is 0.647. The number of hydrogen-bond acceptors (Lipinski definition) is 2. The second-order valence-electron chi connectivity index (χ2n) is 5.28. The first-order valence-electron chi connectivity index (χ1n) is 7.09. The highest BCUT2D eigenvalue weighted by Crippen LogP contribution is 2.15. The summed E-state index contributed by atoms with van der Waals surface area (Å²) >= 11 is 0. The highest BCUT2D eigenvalue weighted by molar-refractivity contribution is 4.70. The second kappa shape index (κ2) is 8.08. The van der Waals surface area contributed by atoms with E-state index in [4.69, 9.17) is 4.74 Å². The first-order chi connectivity index (χ1) is 7.74. The fourth-order valence-electron chi connectivity index (χ4n) is 2.41. The maximum absolute atomic E-state index is 5.97. The van der Waals surface area contributed by atoms with Crippen LogP contribution in [0.5, 0.6) is 0 Å². The third-order valence-corrected chi connectivity index (χ3v) is 3.45. The van der Waals surface area contributed by atoms with Gasteiger partial charge in [-0.2, -0.15) is 0 Å². The predicted octanol–water partition coefficient (Wildman–Crippen LogP) is 3.46. The third kappa shape index (κ3) is 5.31. The Balaban J connectivity index is 2.35. The average molecular weight is 227 g/mol. The first-order valence-corrected chi connectivity index (χ1v) is 7.09. The molecule has 1 rings (SSSR count). The van der Waals surface area contributed by atoms with E-state index in [-0.39, 0.29) is 0 Å². The first kappa shape index (κ1) is 14.0. The van der Waals surface area contributed by atoms with Crippen molar-refractivity contribution in [1.29, 1.82) is 0 Å². The molecule has 0 amide bonds. The zero-order valence-electron chi connectivity index (χ0n) is 11.4. The Bertz CT molecular complexity index is 162. The lowest BCUT2D eigenvalue weighted by Crippen LogP contribution is -2.39. The van der Waals surface area contributed by atoms with E-state index in [2.05, 4.69) is 25.7 Å². The molecular weight excluding hydrogens is 198 g/mol. The van der Waals surface area contributed by atoms with Crippen molar-refractivity contribution >= 4 is 0 Å². The number of hydrogen-bond donors (Lipinski definition) is 0. The van der Waals surface area contributed by atoms with Gasteiger partial charge in [-0.05, 0) is 39.7 Å². The molecule has 1 atom stereocenters. The van der Waals surface area contributed by atoms with Crippen LogP contribution in [-0.2, 0) is 4.74 Å². The van der Waals surface area contributed by atoms with Crippen molar-refractivity contribution in [3.63, 3.8) is 0 Å². The van der Waals surface area contributed by atoms with Gasteiger partial charge in [-0.15, -0.1) is 0 Å². The Morgan fingerprint density at radius 2 is 1.94 bits per heavy atom. The minimum atomic E-state index is 0.481. The maximum atomic E-state index is 5.97. The highest BCUT2D eigenvalue weighted by atomic mass is 16.5. The van der Waals surface area contributed by atoms with Gasteiger partial charge in [0.1, 0.15) is 0 Å². The van der Waals surface area contributed by atoms with Gasteiger partial charge in [0.25, 0.3) is 0 Å². The molecule has 2 heteroatoms. The second-order valence-corrected chi connectivity index (χ2v) is 5.28. The predicted molar refractivity (Wildman–Crippen MR) is 69.8 cm³/mol. The number of nitrogens with zero attached hydrogens (tertiary/aromatic N) is 1. The number of ether oxygens (including phenoxy) is 1. The molecule has 0 spiro atoms. The summed E-state index contributed by atoms with van der Waals surface area (Å²) in [6.45, 7) is 10.2. The standard InChI is InChI=1S/C14H29NO/c1-4-10-15(13(2)3)12-14-9-7-5-6-8-11-16-14/h13-14H,4-12H2,1-3H3. The van der Waals surface area contributed by atoms with E-state index in [1.807, 2.05) is 0 Å². The number of rotatable bonds is 5. The summed E-state index contributed by atoms with van der Waals surface area (Å²) in [7, 11) is 0. The summed E-state index contributed by atoms with van der Waals surface area (Å²) in [5.41, 5.74) is 0. The van der Waals surface area contributed by atoms with Gasteiger partial charge < -0.3 is 4.74 Å². The monoisotopic (exact) mass is 227 g/mol. The van der Waals surface area contributed by atoms with Gasteiger partial charge in [0.15, 0.2) is 0 Å². The molecule has 0 saturated carbocycles. The van der Waals surface area contributed by atoms with E-state index in [1.165, 1.54) is 45.1 Å². The third-order valence-electron chi connectivity index (χ3n) is 3.45. The molecule has 16 heavy (non-hydrogen) atoms. The van der Waals surface area contributed by atoms with Gasteiger partial charge in [-0.3, -0.25) is 4.90 Å². The molecule has 0 radical (unpaired) electrons. The van der Waals surface area contributed by atoms with Gasteiger partial charge in [0.2, 0.25) is 0 Å². The van der Waals surface area contributed by atoms with E-state index in [0.717, 1.165) is 13.2 Å². The lowest BCUT2D eigenvalue weighted by molar-refractivity contribution is 0.00502. The summed E-state index contributed by atoms with van der Waals surface area (Å²) in [6.07, 6.45) is 8.34. The fraction of sp³-hybridized carbons (Fsp3) is 1.00. The van der Waals surface area contributed by atoms with Crippen LogP contribution in [-0.4, -0.2) is 36.7 Å². The molecule has 1 heterocycles. The Morgan fingerprint density at radius 3 is 2.62 bits per heavy atom. The molecule has 1 saturated heterocycles. The van der Waals surface area contributed by atoms with E-state index in [0.29, 0.717) is 12.1 Å². The minimum Gasteiger partial charge on any atom is -0.377 e. The minimum absolute atomic E-state index is 0.481. The molecular formula is C14H29NO. The Kier molecular flexibility index (Phi) is 7.06. The van der Waals surface area contributed by atoms with Crippen LogP contribution in [0.3, 0.4) is 0 Å². The van der Waals surface area contributed by atoms with Gasteiger partial charge >= 0.3 is 0 Å². The van der Waals surface area contributed by atoms with Gasteiger partial charge in [0.05, 0.1) is 6.10 Å². The van der Waals surface area contributed by atoms with E-state index < -0.39 is 0 Å². The lowest BCUT2D eigenvalue weighted by Gasteiger charge is -2.31. The summed E-state index contributed by atoms with van der Waals surface area (Å²) in [5.74, 6) is 0. The SMILES string of the molecule is CCCN(CC1CCCCCCO1)C(C)C. The maximum Gasteiger partial charge on any atom is 0.0702 e. The van der Waals surface area contributed by atoms with Crippen LogP contribution in [0.4, 0.5) is 0 Å². The normalized spacial score (nSPS) is 23.4. The van der Waals surface area contributed by atoms with Crippen LogP contribution < -0.4 is 0 Å². The van der Waals surface area contributed by atoms with Crippen molar-refractivity contribution in [3.05, 3.63) is 0 Å². The van der Waals surface area contributed by atoms with Crippen molar-refractivity contribution in [2.75, 3.05) is 19.7 Å². The van der Waals surface area contributed by atoms with Crippen molar-refractivity contribution in [3.8, 4) is 0 Å². The summed E-state index contributed by atoms with van der Waals surface area (Å²) < 4.78 is 5.97. The molecule has 0 bridgehead atoms. The molecule has 0 aromatic carbocycles. The van der Waals surface area contributed by atoms with Gasteiger partial charge in [-0.25, -0.2) is 0 Å². The molecule has 0 aliphatic carbocycles. The van der Waals surface area contributed by atoms with Gasteiger partial charge in [-0.1, -0.05) is 26.2 Å². The van der Waals surface area contributed by atoms with Crippen LogP contribution in [0, 0.1) is 0 Å². The zero-order chi connectivity index (χ0) is 11.8. The Hall–Kier alpha value is -0.0800. The lowest BCUT2D eigenvalue weighted by atomic mass is 10.1. The molecule has 1 unspecified atom stereocenters. The Labute approximate surface area is 101 Å². The molecule has 0 aromatic heterocycles. The molecule has 96 valence electrons. The summed E-state index contributed by atoms with van der Waals surface area (Å²) in [5, 5.41) is 0. The van der Waals surface area contributed by atoms with Crippen LogP contribution in [0.15, 0.2) is 0 Å². The van der Waals surface area contributed by atoms with Crippen LogP contribution in [0.25, 0.3) is 0 Å². The molecule has 2 nitrogen and oxygen atoms in total. The zero-order valence-corrected chi connectivity index (χ0v) is 11.4. The largest absolute Gasteiger partial charge is 0.377 e. The molecule has 1 aliphatic heterocycles. The van der Waals surface area contributed by atoms with Crippen molar-refractivity contribution in [2.45, 2.75) is 71.4 Å². The smallest absolute Gasteiger partial charge is 0.0702 e. The Morgan fingerprint density at radius 1 is 1.19 bits per heavy atom. The topological polar surface area (TPSA) is 12.5 Å². The van der Waals surface area contributed by atoms with E-state index in [1.54, 1.807) is 0 Å². The molecule has 0 N–H and O–H groups in total. The van der Waals surface area contributed by atoms with Crippen molar-refractivity contribution in [2.24, 2.45) is 0 Å². The fourth-order valence-corrected chi connectivity index (χ4v) is 2.41. The van der Waals surface area contributed by atoms with E-state index in [9.17, 15) is 0 Å². The quantitative estimate of drug-likeness (QED) is 0.713. The molecule has 0 aromatic rings. The molecule has 1 fully saturated rings. The summed E-state index contributed by atoms with van der Waals surface area (Å²) in [4.78, 5) is 2.56. The van der Waals surface area contributed by atoms with E-state index >= 15 is 0 Å². The van der Waals surface area contributed by atoms with Gasteiger partial charge in [0, 0.05) is 19.2 Å². The van der Waals surface area contributed by atoms with Crippen LogP contribution in [0.2, 0.25) is 0 Å².